The van der Waals surface area contributed by atoms with E-state index in [1.165, 1.54) is 11.3 Å². The van der Waals surface area contributed by atoms with Crippen molar-refractivity contribution in [2.75, 3.05) is 12.8 Å². The van der Waals surface area contributed by atoms with E-state index in [2.05, 4.69) is 11.1 Å². The van der Waals surface area contributed by atoms with Crippen LogP contribution in [0.2, 0.25) is 0 Å². The van der Waals surface area contributed by atoms with Gasteiger partial charge in [0.05, 0.1) is 18.7 Å². The average molecular weight is 245 g/mol. The van der Waals surface area contributed by atoms with Crippen molar-refractivity contribution in [3.05, 3.63) is 40.4 Å². The molecule has 0 amide bonds. The summed E-state index contributed by atoms with van der Waals surface area (Å²) >= 11 is 1.46. The summed E-state index contributed by atoms with van der Waals surface area (Å²) < 4.78 is 5.27. The first-order valence-electron chi connectivity index (χ1n) is 5.00. The first-order chi connectivity index (χ1) is 8.22. The molecule has 0 aliphatic carbocycles. The Morgan fingerprint density at radius 3 is 2.94 bits per heavy atom. The maximum absolute atomic E-state index is 8.81. The predicted molar refractivity (Wildman–Crippen MR) is 67.0 cm³/mol. The van der Waals surface area contributed by atoms with Crippen LogP contribution in [0.5, 0.6) is 5.75 Å². The maximum atomic E-state index is 8.81. The van der Waals surface area contributed by atoms with Gasteiger partial charge in [-0.05, 0) is 17.7 Å². The molecule has 0 aliphatic heterocycles. The van der Waals surface area contributed by atoms with E-state index < -0.39 is 0 Å². The van der Waals surface area contributed by atoms with Crippen LogP contribution in [0.25, 0.3) is 0 Å². The summed E-state index contributed by atoms with van der Waals surface area (Å²) in [6, 6.07) is 7.50. The molecular weight excluding hydrogens is 234 g/mol. The molecule has 0 saturated heterocycles. The van der Waals surface area contributed by atoms with Crippen LogP contribution in [0.15, 0.2) is 24.4 Å². The average Bonchev–Trinajstić information content (AvgIpc) is 2.75. The second-order valence-electron chi connectivity index (χ2n) is 3.48. The van der Waals surface area contributed by atoms with Crippen LogP contribution in [0, 0.1) is 11.3 Å². The fraction of sp³-hybridized carbons (Fsp3) is 0.167. The molecule has 1 aromatic heterocycles. The van der Waals surface area contributed by atoms with Crippen molar-refractivity contribution in [1.29, 1.82) is 5.26 Å². The summed E-state index contributed by atoms with van der Waals surface area (Å²) in [5.41, 5.74) is 7.20. The molecule has 0 spiro atoms. The van der Waals surface area contributed by atoms with Gasteiger partial charge in [-0.15, -0.1) is 11.3 Å². The van der Waals surface area contributed by atoms with Gasteiger partial charge in [0.1, 0.15) is 5.75 Å². The van der Waals surface area contributed by atoms with Gasteiger partial charge in [0.15, 0.2) is 5.13 Å². The van der Waals surface area contributed by atoms with Crippen molar-refractivity contribution >= 4 is 16.5 Å². The zero-order chi connectivity index (χ0) is 12.3. The maximum Gasteiger partial charge on any atom is 0.180 e. The van der Waals surface area contributed by atoms with Crippen molar-refractivity contribution in [3.8, 4) is 11.8 Å². The standard InChI is InChI=1S/C12H11N3OS/c1-16-11-4-8(6-13)2-3-9(11)5-10-7-15-12(14)17-10/h2-4,7H,5H2,1H3,(H2,14,15). The Labute approximate surface area is 103 Å². The molecule has 2 N–H and O–H groups in total. The number of rotatable bonds is 3. The molecule has 4 nitrogen and oxygen atoms in total. The number of ether oxygens (including phenoxy) is 1. The van der Waals surface area contributed by atoms with Crippen LogP contribution >= 0.6 is 11.3 Å². The largest absolute Gasteiger partial charge is 0.496 e. The molecule has 17 heavy (non-hydrogen) atoms. The minimum atomic E-state index is 0.563. The van der Waals surface area contributed by atoms with Crippen LogP contribution in [0.1, 0.15) is 16.0 Å². The second kappa shape index (κ2) is 4.85. The number of hydrogen-bond acceptors (Lipinski definition) is 5. The quantitative estimate of drug-likeness (QED) is 0.899. The fourth-order valence-electron chi connectivity index (χ4n) is 1.55. The van der Waals surface area contributed by atoms with E-state index in [1.54, 1.807) is 25.4 Å². The van der Waals surface area contributed by atoms with Gasteiger partial charge in [0, 0.05) is 17.5 Å². The summed E-state index contributed by atoms with van der Waals surface area (Å²) in [6.07, 6.45) is 2.47. The lowest BCUT2D eigenvalue weighted by molar-refractivity contribution is 0.410. The van der Waals surface area contributed by atoms with Crippen LogP contribution in [0.3, 0.4) is 0 Å². The smallest absolute Gasteiger partial charge is 0.180 e. The molecule has 2 rings (SSSR count). The van der Waals surface area contributed by atoms with Crippen molar-refractivity contribution in [2.45, 2.75) is 6.42 Å². The number of nitrogens with two attached hydrogens (primary N) is 1. The molecule has 0 aliphatic rings. The molecule has 1 heterocycles. The fourth-order valence-corrected chi connectivity index (χ4v) is 2.26. The Hall–Kier alpha value is -2.06. The highest BCUT2D eigenvalue weighted by Gasteiger charge is 2.07. The van der Waals surface area contributed by atoms with E-state index in [-0.39, 0.29) is 0 Å². The molecule has 1 aromatic carbocycles. The third kappa shape index (κ3) is 2.55. The number of thiazole rings is 1. The predicted octanol–water partition coefficient (Wildman–Crippen LogP) is 2.20. The van der Waals surface area contributed by atoms with E-state index in [0.29, 0.717) is 17.1 Å². The second-order valence-corrected chi connectivity index (χ2v) is 4.63. The SMILES string of the molecule is COc1cc(C#N)ccc1Cc1cnc(N)s1. The molecule has 0 saturated carbocycles. The normalized spacial score (nSPS) is 9.88. The number of methoxy groups -OCH3 is 1. The van der Waals surface area contributed by atoms with E-state index >= 15 is 0 Å². The number of hydrogen-bond donors (Lipinski definition) is 1. The Kier molecular flexibility index (Phi) is 3.26. The lowest BCUT2D eigenvalue weighted by atomic mass is 10.1. The first kappa shape index (κ1) is 11.4. The molecule has 86 valence electrons. The highest BCUT2D eigenvalue weighted by atomic mass is 32.1. The van der Waals surface area contributed by atoms with Crippen molar-refractivity contribution in [2.24, 2.45) is 0 Å². The number of anilines is 1. The number of benzene rings is 1. The Morgan fingerprint density at radius 1 is 1.53 bits per heavy atom. The van der Waals surface area contributed by atoms with E-state index in [9.17, 15) is 0 Å². The molecule has 0 bridgehead atoms. The van der Waals surface area contributed by atoms with Crippen LogP contribution < -0.4 is 10.5 Å². The van der Waals surface area contributed by atoms with Crippen molar-refractivity contribution in [1.82, 2.24) is 4.98 Å². The van der Waals surface area contributed by atoms with Crippen LogP contribution in [0.4, 0.5) is 5.13 Å². The van der Waals surface area contributed by atoms with Gasteiger partial charge in [-0.3, -0.25) is 0 Å². The Bertz CT molecular complexity index is 571. The lowest BCUT2D eigenvalue weighted by Gasteiger charge is -2.07. The molecule has 2 aromatic rings. The monoisotopic (exact) mass is 245 g/mol. The molecule has 0 atom stereocenters. The van der Waals surface area contributed by atoms with Crippen LogP contribution in [-0.2, 0) is 6.42 Å². The lowest BCUT2D eigenvalue weighted by Crippen LogP contribution is -1.93. The van der Waals surface area contributed by atoms with Crippen molar-refractivity contribution in [3.63, 3.8) is 0 Å². The van der Waals surface area contributed by atoms with Gasteiger partial charge in [0.25, 0.3) is 0 Å². The first-order valence-corrected chi connectivity index (χ1v) is 5.82. The van der Waals surface area contributed by atoms with Gasteiger partial charge in [-0.1, -0.05) is 6.07 Å². The number of nitriles is 1. The topological polar surface area (TPSA) is 71.9 Å². The summed E-state index contributed by atoms with van der Waals surface area (Å²) in [4.78, 5) is 5.08. The van der Waals surface area contributed by atoms with E-state index in [0.717, 1.165) is 16.2 Å². The molecule has 0 radical (unpaired) electrons. The third-order valence-corrected chi connectivity index (χ3v) is 3.18. The third-order valence-electron chi connectivity index (χ3n) is 2.35. The van der Waals surface area contributed by atoms with Crippen LogP contribution in [-0.4, -0.2) is 12.1 Å². The summed E-state index contributed by atoms with van der Waals surface area (Å²) in [6.45, 7) is 0. The summed E-state index contributed by atoms with van der Waals surface area (Å²) in [7, 11) is 1.60. The van der Waals surface area contributed by atoms with Gasteiger partial charge >= 0.3 is 0 Å². The number of nitrogen functional groups attached to an aromatic ring is 1. The molecule has 0 fully saturated rings. The zero-order valence-corrected chi connectivity index (χ0v) is 10.1. The van der Waals surface area contributed by atoms with Gasteiger partial charge in [-0.25, -0.2) is 4.98 Å². The van der Waals surface area contributed by atoms with Crippen molar-refractivity contribution < 1.29 is 4.74 Å². The van der Waals surface area contributed by atoms with Gasteiger partial charge < -0.3 is 10.5 Å². The zero-order valence-electron chi connectivity index (χ0n) is 9.30. The molecular formula is C12H11N3OS. The molecule has 5 heteroatoms. The summed E-state index contributed by atoms with van der Waals surface area (Å²) in [5.74, 6) is 0.719. The highest BCUT2D eigenvalue weighted by Crippen LogP contribution is 2.25. The van der Waals surface area contributed by atoms with E-state index in [1.807, 2.05) is 6.07 Å². The minimum absolute atomic E-state index is 0.563. The Morgan fingerprint density at radius 2 is 2.35 bits per heavy atom. The van der Waals surface area contributed by atoms with Gasteiger partial charge in [-0.2, -0.15) is 5.26 Å². The number of nitrogens with zero attached hydrogens (tertiary/aromatic N) is 2. The summed E-state index contributed by atoms with van der Waals surface area (Å²) in [5, 5.41) is 9.37. The minimum Gasteiger partial charge on any atom is -0.496 e. The highest BCUT2D eigenvalue weighted by molar-refractivity contribution is 7.15. The van der Waals surface area contributed by atoms with E-state index in [4.69, 9.17) is 15.7 Å². The van der Waals surface area contributed by atoms with Gasteiger partial charge in [0.2, 0.25) is 0 Å². The Balaban J connectivity index is 2.30. The number of aromatic nitrogens is 1. The molecule has 0 unspecified atom stereocenters.